The van der Waals surface area contributed by atoms with E-state index >= 15 is 0 Å². The van der Waals surface area contributed by atoms with Gasteiger partial charge in [-0.15, -0.1) is 0 Å². The number of ether oxygens (including phenoxy) is 2. The fourth-order valence-electron chi connectivity index (χ4n) is 3.60. The molecule has 36 heavy (non-hydrogen) atoms. The molecule has 3 aromatic carbocycles. The van der Waals surface area contributed by atoms with Crippen molar-refractivity contribution in [3.05, 3.63) is 97.9 Å². The number of carbonyl (C=O) groups is 2. The second-order valence-electron chi connectivity index (χ2n) is 8.06. The Hall–Kier alpha value is -3.54. The molecule has 6 nitrogen and oxygen atoms in total. The number of hydrogen-bond acceptors (Lipinski definition) is 6. The topological polar surface area (TPSA) is 79.6 Å². The molecule has 1 saturated heterocycles. The van der Waals surface area contributed by atoms with E-state index < -0.39 is 5.91 Å². The molecule has 0 N–H and O–H groups in total. The van der Waals surface area contributed by atoms with Crippen LogP contribution in [-0.2, 0) is 17.9 Å². The van der Waals surface area contributed by atoms with E-state index in [-0.39, 0.29) is 11.8 Å². The van der Waals surface area contributed by atoms with Crippen molar-refractivity contribution in [1.29, 1.82) is 5.26 Å². The molecule has 1 heterocycles. The van der Waals surface area contributed by atoms with E-state index in [2.05, 4.69) is 22.0 Å². The molecule has 4 rings (SSSR count). The largest absolute Gasteiger partial charge is 0.490 e. The Labute approximate surface area is 222 Å². The van der Waals surface area contributed by atoms with Gasteiger partial charge in [-0.05, 0) is 66.6 Å². The Morgan fingerprint density at radius 1 is 1.06 bits per heavy atom. The molecule has 182 valence electrons. The normalized spacial score (nSPS) is 14.3. The highest BCUT2D eigenvalue weighted by Crippen LogP contribution is 2.39. The molecule has 0 atom stereocenters. The average molecular weight is 563 g/mol. The number of carbonyl (C=O) groups excluding carboxylic acids is 2. The minimum absolute atomic E-state index is 0.0445. The number of imide groups is 1. The van der Waals surface area contributed by atoms with Crippen LogP contribution in [0.25, 0.3) is 6.08 Å². The van der Waals surface area contributed by atoms with Gasteiger partial charge in [-0.3, -0.25) is 14.5 Å². The van der Waals surface area contributed by atoms with Crippen LogP contribution in [0, 0.1) is 18.3 Å². The quantitative estimate of drug-likeness (QED) is 0.279. The number of aryl methyl sites for hydroxylation is 1. The number of thioether (sulfide) groups is 1. The van der Waals surface area contributed by atoms with Gasteiger partial charge in [-0.25, -0.2) is 0 Å². The van der Waals surface area contributed by atoms with Crippen LogP contribution < -0.4 is 9.47 Å². The first-order chi connectivity index (χ1) is 17.4. The van der Waals surface area contributed by atoms with Gasteiger partial charge in [0.2, 0.25) is 0 Å². The van der Waals surface area contributed by atoms with E-state index in [1.54, 1.807) is 42.5 Å². The fraction of sp³-hybridized carbons (Fsp3) is 0.179. The summed E-state index contributed by atoms with van der Waals surface area (Å²) < 4.78 is 12.5. The highest BCUT2D eigenvalue weighted by molar-refractivity contribution is 9.10. The van der Waals surface area contributed by atoms with Crippen molar-refractivity contribution in [3.63, 3.8) is 0 Å². The zero-order valence-electron chi connectivity index (χ0n) is 19.8. The van der Waals surface area contributed by atoms with Gasteiger partial charge < -0.3 is 9.47 Å². The Morgan fingerprint density at radius 3 is 2.50 bits per heavy atom. The van der Waals surface area contributed by atoms with Gasteiger partial charge in [0.05, 0.1) is 29.7 Å². The Kier molecular flexibility index (Phi) is 8.14. The van der Waals surface area contributed by atoms with Crippen molar-refractivity contribution in [2.45, 2.75) is 27.0 Å². The van der Waals surface area contributed by atoms with Crippen LogP contribution in [-0.4, -0.2) is 22.7 Å². The van der Waals surface area contributed by atoms with Crippen molar-refractivity contribution in [2.75, 3.05) is 6.61 Å². The van der Waals surface area contributed by atoms with Gasteiger partial charge in [-0.2, -0.15) is 5.26 Å². The Morgan fingerprint density at radius 2 is 1.78 bits per heavy atom. The smallest absolute Gasteiger partial charge is 0.293 e. The zero-order valence-corrected chi connectivity index (χ0v) is 22.2. The minimum atomic E-state index is -0.401. The molecule has 3 aromatic rings. The summed E-state index contributed by atoms with van der Waals surface area (Å²) in [6.45, 7) is 4.79. The summed E-state index contributed by atoms with van der Waals surface area (Å²) in [5.41, 5.74) is 3.96. The number of halogens is 1. The fourth-order valence-corrected chi connectivity index (χ4v) is 4.87. The van der Waals surface area contributed by atoms with Gasteiger partial charge in [0.25, 0.3) is 11.1 Å². The molecular formula is C28H23BrN2O4S. The summed E-state index contributed by atoms with van der Waals surface area (Å²) in [7, 11) is 0. The van der Waals surface area contributed by atoms with Crippen LogP contribution in [0.1, 0.15) is 34.7 Å². The molecule has 1 aliphatic heterocycles. The molecule has 0 bridgehead atoms. The van der Waals surface area contributed by atoms with Gasteiger partial charge in [0, 0.05) is 4.47 Å². The number of hydrogen-bond donors (Lipinski definition) is 0. The number of benzene rings is 3. The van der Waals surface area contributed by atoms with E-state index in [4.69, 9.17) is 9.47 Å². The van der Waals surface area contributed by atoms with E-state index in [0.29, 0.717) is 50.8 Å². The first kappa shape index (κ1) is 25.5. The predicted molar refractivity (Wildman–Crippen MR) is 143 cm³/mol. The summed E-state index contributed by atoms with van der Waals surface area (Å²) in [5.74, 6) is 0.714. The van der Waals surface area contributed by atoms with Gasteiger partial charge >= 0.3 is 0 Å². The van der Waals surface area contributed by atoms with E-state index in [1.807, 2.05) is 38.1 Å². The number of nitrogens with zero attached hydrogens (tertiary/aromatic N) is 2. The van der Waals surface area contributed by atoms with E-state index in [9.17, 15) is 14.9 Å². The van der Waals surface area contributed by atoms with Gasteiger partial charge in [0.1, 0.15) is 6.61 Å². The van der Waals surface area contributed by atoms with Crippen LogP contribution in [0.3, 0.4) is 0 Å². The number of nitriles is 1. The zero-order chi connectivity index (χ0) is 25.7. The highest BCUT2D eigenvalue weighted by atomic mass is 79.9. The summed E-state index contributed by atoms with van der Waals surface area (Å²) in [5, 5.41) is 8.95. The third kappa shape index (κ3) is 5.81. The lowest BCUT2D eigenvalue weighted by Gasteiger charge is -2.15. The summed E-state index contributed by atoms with van der Waals surface area (Å²) >= 11 is 4.44. The van der Waals surface area contributed by atoms with Crippen molar-refractivity contribution >= 4 is 44.9 Å². The molecule has 0 aromatic heterocycles. The van der Waals surface area contributed by atoms with Gasteiger partial charge in [0.15, 0.2) is 11.5 Å². The summed E-state index contributed by atoms with van der Waals surface area (Å²) in [6, 6.07) is 20.7. The maximum Gasteiger partial charge on any atom is 0.293 e. The molecular weight excluding hydrogens is 540 g/mol. The van der Waals surface area contributed by atoms with Crippen molar-refractivity contribution in [3.8, 4) is 17.6 Å². The maximum absolute atomic E-state index is 13.1. The van der Waals surface area contributed by atoms with Crippen molar-refractivity contribution < 1.29 is 19.1 Å². The lowest BCUT2D eigenvalue weighted by Crippen LogP contribution is -2.27. The molecule has 0 radical (unpaired) electrons. The van der Waals surface area contributed by atoms with E-state index in [1.165, 1.54) is 5.56 Å². The SMILES string of the molecule is CCOc1cc(/C=C2/SC(=O)N(Cc3ccccc3C#N)C2=O)c(Br)cc1OCc1ccc(C)cc1. The molecule has 1 fully saturated rings. The molecule has 0 spiro atoms. The molecule has 0 unspecified atom stereocenters. The molecule has 8 heteroatoms. The van der Waals surface area contributed by atoms with Crippen LogP contribution in [0.4, 0.5) is 4.79 Å². The Bertz CT molecular complexity index is 1380. The number of amides is 2. The average Bonchev–Trinajstić information content (AvgIpc) is 3.13. The van der Waals surface area contributed by atoms with Crippen LogP contribution >= 0.6 is 27.7 Å². The first-order valence-electron chi connectivity index (χ1n) is 11.3. The van der Waals surface area contributed by atoms with Crippen molar-refractivity contribution in [1.82, 2.24) is 4.90 Å². The maximum atomic E-state index is 13.1. The second-order valence-corrected chi connectivity index (χ2v) is 9.91. The monoisotopic (exact) mass is 562 g/mol. The van der Waals surface area contributed by atoms with Crippen LogP contribution in [0.5, 0.6) is 11.5 Å². The minimum Gasteiger partial charge on any atom is -0.490 e. The van der Waals surface area contributed by atoms with Crippen molar-refractivity contribution in [2.24, 2.45) is 0 Å². The second kappa shape index (κ2) is 11.5. The molecule has 0 saturated carbocycles. The predicted octanol–water partition coefficient (Wildman–Crippen LogP) is 6.84. The van der Waals surface area contributed by atoms with E-state index in [0.717, 1.165) is 22.2 Å². The Balaban J connectivity index is 1.56. The lowest BCUT2D eigenvalue weighted by molar-refractivity contribution is -0.123. The molecule has 1 aliphatic rings. The highest BCUT2D eigenvalue weighted by Gasteiger charge is 2.35. The van der Waals surface area contributed by atoms with Gasteiger partial charge in [-0.1, -0.05) is 64.0 Å². The third-order valence-electron chi connectivity index (χ3n) is 5.50. The summed E-state index contributed by atoms with van der Waals surface area (Å²) in [6.07, 6.45) is 1.66. The van der Waals surface area contributed by atoms with Crippen LogP contribution in [0.2, 0.25) is 0 Å². The molecule has 2 amide bonds. The number of rotatable bonds is 8. The first-order valence-corrected chi connectivity index (χ1v) is 12.9. The third-order valence-corrected chi connectivity index (χ3v) is 7.10. The summed E-state index contributed by atoms with van der Waals surface area (Å²) in [4.78, 5) is 27.1. The van der Waals surface area contributed by atoms with Crippen LogP contribution in [0.15, 0.2) is 70.0 Å². The molecule has 0 aliphatic carbocycles. The lowest BCUT2D eigenvalue weighted by atomic mass is 10.1. The standard InChI is InChI=1S/C28H23BrN2O4S/c1-3-34-24-12-22(23(29)14-25(24)35-17-19-10-8-18(2)9-11-19)13-26-27(32)31(28(33)36-26)16-21-7-5-4-6-20(21)15-30/h4-14H,3,16-17H2,1-2H3/b26-13+.